The quantitative estimate of drug-likeness (QED) is 0.445. The minimum absolute atomic E-state index is 0. The van der Waals surface area contributed by atoms with Crippen molar-refractivity contribution in [1.29, 1.82) is 0 Å². The Hall–Kier alpha value is -2.67. The van der Waals surface area contributed by atoms with E-state index in [2.05, 4.69) is 29.3 Å². The van der Waals surface area contributed by atoms with Crippen LogP contribution in [0.3, 0.4) is 0 Å². The highest BCUT2D eigenvalue weighted by atomic mass is 35.5. The summed E-state index contributed by atoms with van der Waals surface area (Å²) in [5, 5.41) is 3.59. The molecule has 0 bridgehead atoms. The number of rotatable bonds is 7. The Morgan fingerprint density at radius 2 is 1.76 bits per heavy atom. The van der Waals surface area contributed by atoms with Gasteiger partial charge in [0.05, 0.1) is 19.1 Å². The van der Waals surface area contributed by atoms with Crippen LogP contribution in [0.1, 0.15) is 39.7 Å². The molecule has 0 fully saturated rings. The third-order valence-corrected chi connectivity index (χ3v) is 6.88. The van der Waals surface area contributed by atoms with E-state index in [1.54, 1.807) is 0 Å². The number of hydrogen-bond donors (Lipinski definition) is 1. The summed E-state index contributed by atoms with van der Waals surface area (Å²) in [6.45, 7) is 4.94. The van der Waals surface area contributed by atoms with Crippen molar-refractivity contribution < 1.29 is 14.3 Å². The third kappa shape index (κ3) is 5.82. The Kier molecular flexibility index (Phi) is 8.67. The summed E-state index contributed by atoms with van der Waals surface area (Å²) >= 11 is 1.50. The van der Waals surface area contributed by atoms with E-state index in [-0.39, 0.29) is 30.7 Å². The van der Waals surface area contributed by atoms with E-state index in [9.17, 15) is 9.59 Å². The number of benzene rings is 2. The van der Waals surface area contributed by atoms with Gasteiger partial charge in [-0.25, -0.2) is 4.79 Å². The average molecular weight is 485 g/mol. The smallest absolute Gasteiger partial charge is 0.341 e. The number of amides is 1. The minimum Gasteiger partial charge on any atom is -0.465 e. The van der Waals surface area contributed by atoms with Crippen LogP contribution in [0.2, 0.25) is 0 Å². The number of thiophene rings is 1. The number of nitrogens with one attached hydrogen (secondary N) is 1. The number of halogens is 1. The Labute approximate surface area is 205 Å². The van der Waals surface area contributed by atoms with Crippen LogP contribution < -0.4 is 5.32 Å². The number of ether oxygens (including phenoxy) is 1. The van der Waals surface area contributed by atoms with Gasteiger partial charge < -0.3 is 10.1 Å². The van der Waals surface area contributed by atoms with Crippen LogP contribution in [0.25, 0.3) is 11.1 Å². The molecule has 0 unspecified atom stereocenters. The predicted molar refractivity (Wildman–Crippen MR) is 136 cm³/mol. The van der Waals surface area contributed by atoms with Gasteiger partial charge >= 0.3 is 5.97 Å². The van der Waals surface area contributed by atoms with E-state index >= 15 is 0 Å². The van der Waals surface area contributed by atoms with Gasteiger partial charge in [0.2, 0.25) is 5.91 Å². The molecule has 1 aliphatic heterocycles. The molecule has 1 N–H and O–H groups in total. The molecule has 33 heavy (non-hydrogen) atoms. The molecule has 7 heteroatoms. The van der Waals surface area contributed by atoms with E-state index in [4.69, 9.17) is 4.74 Å². The van der Waals surface area contributed by atoms with Gasteiger partial charge in [-0.05, 0) is 41.6 Å². The van der Waals surface area contributed by atoms with E-state index in [0.29, 0.717) is 10.6 Å². The van der Waals surface area contributed by atoms with Crippen molar-refractivity contribution in [1.82, 2.24) is 4.90 Å². The first-order valence-electron chi connectivity index (χ1n) is 11.0. The third-order valence-electron chi connectivity index (χ3n) is 5.74. The molecule has 2 aromatic carbocycles. The topological polar surface area (TPSA) is 58.6 Å². The van der Waals surface area contributed by atoms with Crippen molar-refractivity contribution in [2.24, 2.45) is 0 Å². The molecule has 1 amide bonds. The molecule has 0 saturated heterocycles. The maximum atomic E-state index is 12.8. The summed E-state index contributed by atoms with van der Waals surface area (Å²) in [5.74, 6) is -0.513. The molecule has 0 radical (unpaired) electrons. The fraction of sp³-hybridized carbons (Fsp3) is 0.308. The number of methoxy groups -OCH3 is 1. The van der Waals surface area contributed by atoms with Crippen LogP contribution in [0.5, 0.6) is 0 Å². The molecule has 0 aliphatic carbocycles. The zero-order valence-electron chi connectivity index (χ0n) is 18.9. The highest BCUT2D eigenvalue weighted by Gasteiger charge is 2.29. The lowest BCUT2D eigenvalue weighted by molar-refractivity contribution is -0.115. The summed E-state index contributed by atoms with van der Waals surface area (Å²) in [6.07, 6.45) is 2.14. The molecular formula is C26H29ClN2O3S. The minimum atomic E-state index is -0.381. The number of fused-ring (bicyclic) bond motifs is 1. The second kappa shape index (κ2) is 11.5. The van der Waals surface area contributed by atoms with E-state index in [1.807, 2.05) is 42.5 Å². The van der Waals surface area contributed by atoms with Crippen LogP contribution in [0, 0.1) is 0 Å². The summed E-state index contributed by atoms with van der Waals surface area (Å²) in [6, 6.07) is 18.2. The molecule has 0 saturated carbocycles. The van der Waals surface area contributed by atoms with Crippen LogP contribution in [0.4, 0.5) is 5.00 Å². The SMILES string of the molecule is CCCN1CCc2c(sc(NC(=O)Cc3ccc(-c4ccccc4)cc3)c2C(=O)OC)C1.Cl. The number of nitrogens with zero attached hydrogens (tertiary/aromatic N) is 1. The van der Waals surface area contributed by atoms with Crippen molar-refractivity contribution in [3.05, 3.63) is 76.2 Å². The zero-order chi connectivity index (χ0) is 22.5. The first-order chi connectivity index (χ1) is 15.6. The predicted octanol–water partition coefficient (Wildman–Crippen LogP) is 5.57. The van der Waals surface area contributed by atoms with Crippen molar-refractivity contribution >= 4 is 40.6 Å². The number of carbonyl (C=O) groups excluding carboxylic acids is 2. The van der Waals surface area contributed by atoms with Crippen molar-refractivity contribution in [3.8, 4) is 11.1 Å². The van der Waals surface area contributed by atoms with Crippen LogP contribution in [0.15, 0.2) is 54.6 Å². The summed E-state index contributed by atoms with van der Waals surface area (Å²) in [7, 11) is 1.39. The van der Waals surface area contributed by atoms with E-state index in [0.717, 1.165) is 59.6 Å². The molecule has 1 aliphatic rings. The van der Waals surface area contributed by atoms with Crippen molar-refractivity contribution in [2.45, 2.75) is 32.7 Å². The number of esters is 1. The molecule has 174 valence electrons. The molecule has 3 aromatic rings. The average Bonchev–Trinajstić information content (AvgIpc) is 3.16. The second-order valence-electron chi connectivity index (χ2n) is 8.01. The fourth-order valence-corrected chi connectivity index (χ4v) is 5.47. The lowest BCUT2D eigenvalue weighted by atomic mass is 10.0. The Morgan fingerprint density at radius 1 is 1.06 bits per heavy atom. The number of hydrogen-bond acceptors (Lipinski definition) is 5. The molecular weight excluding hydrogens is 456 g/mol. The highest BCUT2D eigenvalue weighted by Crippen LogP contribution is 2.37. The lowest BCUT2D eigenvalue weighted by Gasteiger charge is -2.26. The van der Waals surface area contributed by atoms with Gasteiger partial charge in [0.25, 0.3) is 0 Å². The lowest BCUT2D eigenvalue weighted by Crippen LogP contribution is -2.30. The second-order valence-corrected chi connectivity index (χ2v) is 9.12. The summed E-state index contributed by atoms with van der Waals surface area (Å²) < 4.78 is 5.03. The fourth-order valence-electron chi connectivity index (χ4n) is 4.17. The standard InChI is InChI=1S/C26H28N2O3S.ClH/c1-3-14-28-15-13-21-22(17-28)32-25(24(21)26(30)31-2)27-23(29)16-18-9-11-20(12-10-18)19-7-5-4-6-8-19;/h4-12H,3,13-17H2,1-2H3,(H,27,29);1H. The van der Waals surface area contributed by atoms with Gasteiger partial charge in [-0.2, -0.15) is 0 Å². The highest BCUT2D eigenvalue weighted by molar-refractivity contribution is 7.17. The van der Waals surface area contributed by atoms with E-state index in [1.165, 1.54) is 18.4 Å². The molecule has 1 aromatic heterocycles. The normalized spacial score (nSPS) is 13.0. The molecule has 5 nitrogen and oxygen atoms in total. The number of carbonyl (C=O) groups is 2. The van der Waals surface area contributed by atoms with E-state index < -0.39 is 0 Å². The van der Waals surface area contributed by atoms with Crippen LogP contribution in [-0.2, 0) is 28.9 Å². The van der Waals surface area contributed by atoms with Crippen molar-refractivity contribution in [2.75, 3.05) is 25.5 Å². The maximum Gasteiger partial charge on any atom is 0.341 e. The molecule has 2 heterocycles. The maximum absolute atomic E-state index is 12.8. The van der Waals surface area contributed by atoms with Gasteiger partial charge in [0.1, 0.15) is 5.00 Å². The van der Waals surface area contributed by atoms with Crippen LogP contribution >= 0.6 is 23.7 Å². The summed E-state index contributed by atoms with van der Waals surface area (Å²) in [5.41, 5.74) is 4.74. The monoisotopic (exact) mass is 484 g/mol. The zero-order valence-corrected chi connectivity index (χ0v) is 20.6. The molecule has 4 rings (SSSR count). The largest absolute Gasteiger partial charge is 0.465 e. The van der Waals surface area contributed by atoms with Gasteiger partial charge in [0.15, 0.2) is 0 Å². The Balaban J connectivity index is 0.00000306. The van der Waals surface area contributed by atoms with Gasteiger partial charge in [-0.1, -0.05) is 61.5 Å². The van der Waals surface area contributed by atoms with Gasteiger partial charge in [-0.15, -0.1) is 23.7 Å². The van der Waals surface area contributed by atoms with Gasteiger partial charge in [-0.3, -0.25) is 9.69 Å². The summed E-state index contributed by atoms with van der Waals surface area (Å²) in [4.78, 5) is 28.9. The molecule has 0 spiro atoms. The first-order valence-corrected chi connectivity index (χ1v) is 11.8. The van der Waals surface area contributed by atoms with Crippen molar-refractivity contribution in [3.63, 3.8) is 0 Å². The first kappa shape index (κ1) is 25.0. The Morgan fingerprint density at radius 3 is 2.42 bits per heavy atom. The number of anilines is 1. The molecule has 0 atom stereocenters. The Bertz CT molecular complexity index is 1100. The van der Waals surface area contributed by atoms with Crippen LogP contribution in [-0.4, -0.2) is 37.0 Å². The van der Waals surface area contributed by atoms with Gasteiger partial charge in [0, 0.05) is 18.0 Å².